The Bertz CT molecular complexity index is 643. The SMILES string of the molecule is COc1ccc([C@@H]2CC=C[C@H](N(C)C)C2NC(=O)NC(C)C)cc1OC. The van der Waals surface area contributed by atoms with Crippen LogP contribution in [0.1, 0.15) is 31.7 Å². The largest absolute Gasteiger partial charge is 0.493 e. The van der Waals surface area contributed by atoms with Crippen LogP contribution in [0.5, 0.6) is 11.5 Å². The highest BCUT2D eigenvalue weighted by atomic mass is 16.5. The van der Waals surface area contributed by atoms with E-state index in [4.69, 9.17) is 9.47 Å². The van der Waals surface area contributed by atoms with Gasteiger partial charge in [0, 0.05) is 18.0 Å². The van der Waals surface area contributed by atoms with Gasteiger partial charge in [0.15, 0.2) is 11.5 Å². The molecule has 0 spiro atoms. The second-order valence-corrected chi connectivity index (χ2v) is 7.14. The first-order valence-electron chi connectivity index (χ1n) is 8.99. The van der Waals surface area contributed by atoms with E-state index < -0.39 is 0 Å². The van der Waals surface area contributed by atoms with Crippen molar-refractivity contribution >= 4 is 6.03 Å². The highest BCUT2D eigenvalue weighted by molar-refractivity contribution is 5.75. The molecule has 144 valence electrons. The maximum absolute atomic E-state index is 12.4. The molecule has 0 saturated carbocycles. The molecule has 2 rings (SSSR count). The van der Waals surface area contributed by atoms with Crippen molar-refractivity contribution in [3.05, 3.63) is 35.9 Å². The van der Waals surface area contributed by atoms with Gasteiger partial charge in [-0.05, 0) is 52.1 Å². The molecule has 0 aliphatic heterocycles. The van der Waals surface area contributed by atoms with Crippen molar-refractivity contribution in [2.75, 3.05) is 28.3 Å². The number of hydrogen-bond donors (Lipinski definition) is 2. The minimum Gasteiger partial charge on any atom is -0.493 e. The van der Waals surface area contributed by atoms with Crippen molar-refractivity contribution in [2.24, 2.45) is 0 Å². The fourth-order valence-electron chi connectivity index (χ4n) is 3.43. The highest BCUT2D eigenvalue weighted by Crippen LogP contribution is 2.36. The van der Waals surface area contributed by atoms with Crippen LogP contribution < -0.4 is 20.1 Å². The summed E-state index contributed by atoms with van der Waals surface area (Å²) in [4.78, 5) is 14.5. The Morgan fingerprint density at radius 3 is 2.46 bits per heavy atom. The summed E-state index contributed by atoms with van der Waals surface area (Å²) in [6.07, 6.45) is 5.20. The van der Waals surface area contributed by atoms with Gasteiger partial charge in [-0.3, -0.25) is 0 Å². The zero-order valence-corrected chi connectivity index (χ0v) is 16.6. The first-order chi connectivity index (χ1) is 12.4. The number of likely N-dealkylation sites (N-methyl/N-ethyl adjacent to an activating group) is 1. The Hall–Kier alpha value is -2.21. The third-order valence-corrected chi connectivity index (χ3v) is 4.67. The normalized spacial score (nSPS) is 22.4. The predicted molar refractivity (Wildman–Crippen MR) is 104 cm³/mol. The van der Waals surface area contributed by atoms with Gasteiger partial charge in [-0.1, -0.05) is 18.2 Å². The molecule has 1 unspecified atom stereocenters. The number of allylic oxidation sites excluding steroid dienone is 1. The van der Waals surface area contributed by atoms with Crippen molar-refractivity contribution in [3.8, 4) is 11.5 Å². The van der Waals surface area contributed by atoms with Crippen LogP contribution in [0.25, 0.3) is 0 Å². The van der Waals surface area contributed by atoms with Crippen LogP contribution in [0.4, 0.5) is 4.79 Å². The van der Waals surface area contributed by atoms with Crippen LogP contribution in [-0.4, -0.2) is 57.4 Å². The zero-order valence-electron chi connectivity index (χ0n) is 16.6. The molecule has 2 N–H and O–H groups in total. The molecule has 1 aliphatic rings. The van der Waals surface area contributed by atoms with Crippen LogP contribution in [0.2, 0.25) is 0 Å². The molecule has 3 atom stereocenters. The molecule has 26 heavy (non-hydrogen) atoms. The summed E-state index contributed by atoms with van der Waals surface area (Å²) in [5.41, 5.74) is 1.12. The molecule has 1 aromatic rings. The quantitative estimate of drug-likeness (QED) is 0.765. The molecule has 6 heteroatoms. The molecule has 6 nitrogen and oxygen atoms in total. The van der Waals surface area contributed by atoms with E-state index in [1.165, 1.54) is 0 Å². The lowest BCUT2D eigenvalue weighted by molar-refractivity contribution is 0.209. The van der Waals surface area contributed by atoms with Crippen molar-refractivity contribution in [1.29, 1.82) is 0 Å². The van der Waals surface area contributed by atoms with Gasteiger partial charge in [0.2, 0.25) is 0 Å². The summed E-state index contributed by atoms with van der Waals surface area (Å²) in [7, 11) is 7.32. The summed E-state index contributed by atoms with van der Waals surface area (Å²) >= 11 is 0. The minimum atomic E-state index is -0.141. The summed E-state index contributed by atoms with van der Waals surface area (Å²) < 4.78 is 10.8. The van der Waals surface area contributed by atoms with Crippen molar-refractivity contribution in [3.63, 3.8) is 0 Å². The number of amides is 2. The van der Waals surface area contributed by atoms with Crippen molar-refractivity contribution in [2.45, 2.75) is 44.3 Å². The van der Waals surface area contributed by atoms with Gasteiger partial charge >= 0.3 is 6.03 Å². The average molecular weight is 361 g/mol. The lowest BCUT2D eigenvalue weighted by atomic mass is 9.80. The van der Waals surface area contributed by atoms with Gasteiger partial charge in [0.25, 0.3) is 0 Å². The van der Waals surface area contributed by atoms with Gasteiger partial charge in [-0.25, -0.2) is 4.79 Å². The Labute approximate surface area is 156 Å². The number of nitrogens with zero attached hydrogens (tertiary/aromatic N) is 1. The van der Waals surface area contributed by atoms with Gasteiger partial charge in [-0.2, -0.15) is 0 Å². The molecule has 1 aromatic carbocycles. The Kier molecular flexibility index (Phi) is 6.91. The number of rotatable bonds is 6. The molecule has 0 bridgehead atoms. The second-order valence-electron chi connectivity index (χ2n) is 7.14. The standard InChI is InChI=1S/C20H31N3O3/c1-13(2)21-20(24)22-19-15(8-7-9-16(19)23(3)4)14-10-11-17(25-5)18(12-14)26-6/h7,9-13,15-16,19H,8H2,1-6H3,(H2,21,22,24)/t15-,16-,19?/m0/s1. The number of benzene rings is 1. The van der Waals surface area contributed by atoms with Crippen LogP contribution in [0, 0.1) is 0 Å². The first kappa shape index (κ1) is 20.1. The molecule has 0 heterocycles. The van der Waals surface area contributed by atoms with Crippen molar-refractivity contribution in [1.82, 2.24) is 15.5 Å². The van der Waals surface area contributed by atoms with Gasteiger partial charge in [-0.15, -0.1) is 0 Å². The highest BCUT2D eigenvalue weighted by Gasteiger charge is 2.34. The Balaban J connectivity index is 2.34. The fourth-order valence-corrected chi connectivity index (χ4v) is 3.43. The molecular formula is C20H31N3O3. The summed E-state index contributed by atoms with van der Waals surface area (Å²) in [6, 6.07) is 5.98. The maximum Gasteiger partial charge on any atom is 0.315 e. The number of hydrogen-bond acceptors (Lipinski definition) is 4. The van der Waals surface area contributed by atoms with E-state index >= 15 is 0 Å². The monoisotopic (exact) mass is 361 g/mol. The van der Waals surface area contributed by atoms with Gasteiger partial charge in [0.1, 0.15) is 0 Å². The van der Waals surface area contributed by atoms with E-state index in [9.17, 15) is 4.79 Å². The Morgan fingerprint density at radius 2 is 1.88 bits per heavy atom. The summed E-state index contributed by atoms with van der Waals surface area (Å²) in [6.45, 7) is 3.91. The van der Waals surface area contributed by atoms with E-state index in [1.54, 1.807) is 14.2 Å². The third-order valence-electron chi connectivity index (χ3n) is 4.67. The number of nitrogens with one attached hydrogen (secondary N) is 2. The Morgan fingerprint density at radius 1 is 1.19 bits per heavy atom. The summed E-state index contributed by atoms with van der Waals surface area (Å²) in [5.74, 6) is 1.55. The maximum atomic E-state index is 12.4. The van der Waals surface area contributed by atoms with Crippen molar-refractivity contribution < 1.29 is 14.3 Å². The molecule has 0 radical (unpaired) electrons. The number of methoxy groups -OCH3 is 2. The molecular weight excluding hydrogens is 330 g/mol. The average Bonchev–Trinajstić information content (AvgIpc) is 2.60. The smallest absolute Gasteiger partial charge is 0.315 e. The number of carbonyl (C=O) groups is 1. The topological polar surface area (TPSA) is 62.8 Å². The molecule has 0 fully saturated rings. The number of ether oxygens (including phenoxy) is 2. The number of carbonyl (C=O) groups excluding carboxylic acids is 1. The fraction of sp³-hybridized carbons (Fsp3) is 0.550. The summed E-state index contributed by atoms with van der Waals surface area (Å²) in [5, 5.41) is 6.11. The lowest BCUT2D eigenvalue weighted by Crippen LogP contribution is -2.55. The van der Waals surface area contributed by atoms with Crippen LogP contribution in [0.15, 0.2) is 30.4 Å². The van der Waals surface area contributed by atoms with Crippen LogP contribution in [-0.2, 0) is 0 Å². The number of urea groups is 1. The zero-order chi connectivity index (χ0) is 19.3. The van der Waals surface area contributed by atoms with E-state index in [2.05, 4.69) is 27.7 Å². The van der Waals surface area contributed by atoms with E-state index in [0.717, 1.165) is 12.0 Å². The van der Waals surface area contributed by atoms with E-state index in [-0.39, 0.29) is 30.1 Å². The molecule has 2 amide bonds. The van der Waals surface area contributed by atoms with Gasteiger partial charge < -0.3 is 25.0 Å². The van der Waals surface area contributed by atoms with Gasteiger partial charge in [0.05, 0.1) is 20.3 Å². The lowest BCUT2D eigenvalue weighted by Gasteiger charge is -2.39. The molecule has 1 aliphatic carbocycles. The van der Waals surface area contributed by atoms with E-state index in [1.807, 2.05) is 46.1 Å². The van der Waals surface area contributed by atoms with Crippen LogP contribution in [0.3, 0.4) is 0 Å². The van der Waals surface area contributed by atoms with E-state index in [0.29, 0.717) is 11.5 Å². The molecule has 0 saturated heterocycles. The predicted octanol–water partition coefficient (Wildman–Crippen LogP) is 2.75. The first-order valence-corrected chi connectivity index (χ1v) is 8.99. The minimum absolute atomic E-state index is 0.0492. The third kappa shape index (κ3) is 4.69. The second kappa shape index (κ2) is 8.94. The van der Waals surface area contributed by atoms with Crippen LogP contribution >= 0.6 is 0 Å². The molecule has 0 aromatic heterocycles.